The molecule has 1 saturated carbocycles. The van der Waals surface area contributed by atoms with Crippen molar-refractivity contribution in [1.29, 1.82) is 0 Å². The highest BCUT2D eigenvalue weighted by atomic mass is 16.5. The second-order valence-electron chi connectivity index (χ2n) is 9.40. The third-order valence-electron chi connectivity index (χ3n) is 6.18. The normalized spacial score (nSPS) is 20.2. The molecule has 28 heavy (non-hydrogen) atoms. The van der Waals surface area contributed by atoms with Crippen LogP contribution in [0.4, 0.5) is 0 Å². The van der Waals surface area contributed by atoms with Crippen LogP contribution in [0, 0.1) is 11.3 Å². The van der Waals surface area contributed by atoms with Crippen molar-refractivity contribution in [2.24, 2.45) is 11.3 Å². The van der Waals surface area contributed by atoms with Crippen LogP contribution in [0.2, 0.25) is 0 Å². The lowest BCUT2D eigenvalue weighted by Gasteiger charge is -2.37. The van der Waals surface area contributed by atoms with E-state index in [0.29, 0.717) is 11.5 Å². The van der Waals surface area contributed by atoms with Gasteiger partial charge in [-0.1, -0.05) is 45.0 Å². The zero-order valence-electron chi connectivity index (χ0n) is 17.5. The molecule has 0 aromatic heterocycles. The summed E-state index contributed by atoms with van der Waals surface area (Å²) in [6, 6.07) is 12.9. The molecule has 3 nitrogen and oxygen atoms in total. The topological polar surface area (TPSA) is 46.5 Å². The minimum atomic E-state index is -0.710. The molecular weight excluding hydrogens is 348 g/mol. The van der Waals surface area contributed by atoms with E-state index < -0.39 is 5.97 Å². The van der Waals surface area contributed by atoms with Crippen molar-refractivity contribution in [3.05, 3.63) is 42.0 Å². The fraction of sp³-hybridized carbons (Fsp3) is 0.560. The fourth-order valence-corrected chi connectivity index (χ4v) is 4.35. The van der Waals surface area contributed by atoms with Gasteiger partial charge in [-0.15, -0.1) is 0 Å². The highest BCUT2D eigenvalue weighted by molar-refractivity contribution is 5.84. The smallest absolute Gasteiger partial charge is 0.303 e. The van der Waals surface area contributed by atoms with Crippen LogP contribution in [-0.2, 0) is 11.2 Å². The van der Waals surface area contributed by atoms with Gasteiger partial charge in [0.2, 0.25) is 0 Å². The Hall–Kier alpha value is -2.03. The zero-order chi connectivity index (χ0) is 20.1. The van der Waals surface area contributed by atoms with Gasteiger partial charge in [-0.3, -0.25) is 4.79 Å². The molecule has 0 amide bonds. The lowest BCUT2D eigenvalue weighted by atomic mass is 9.72. The van der Waals surface area contributed by atoms with Crippen LogP contribution in [0.1, 0.15) is 71.3 Å². The van der Waals surface area contributed by atoms with Crippen molar-refractivity contribution in [3.8, 4) is 5.75 Å². The van der Waals surface area contributed by atoms with E-state index in [4.69, 9.17) is 9.84 Å². The second-order valence-corrected chi connectivity index (χ2v) is 9.40. The lowest BCUT2D eigenvalue weighted by molar-refractivity contribution is -0.137. The number of carbonyl (C=O) groups is 1. The Morgan fingerprint density at radius 2 is 1.68 bits per heavy atom. The van der Waals surface area contributed by atoms with E-state index >= 15 is 0 Å². The van der Waals surface area contributed by atoms with Gasteiger partial charge in [0.05, 0.1) is 6.10 Å². The van der Waals surface area contributed by atoms with Crippen LogP contribution in [0.15, 0.2) is 36.4 Å². The highest BCUT2D eigenvalue weighted by Gasteiger charge is 2.30. The second kappa shape index (κ2) is 8.98. The molecule has 2 aromatic rings. The predicted molar refractivity (Wildman–Crippen MR) is 115 cm³/mol. The van der Waals surface area contributed by atoms with E-state index in [1.165, 1.54) is 29.2 Å². The minimum absolute atomic E-state index is 0.256. The van der Waals surface area contributed by atoms with E-state index in [2.05, 4.69) is 57.2 Å². The SMILES string of the molecule is CC(C)(C)C1CCC(Oc2ccc3cc(CCCCC(=O)O)ccc3c2)CC1. The summed E-state index contributed by atoms with van der Waals surface area (Å²) in [4.78, 5) is 10.6. The predicted octanol–water partition coefficient (Wildman–Crippen LogP) is 6.62. The van der Waals surface area contributed by atoms with Crippen LogP contribution >= 0.6 is 0 Å². The van der Waals surface area contributed by atoms with Crippen LogP contribution in [0.5, 0.6) is 5.75 Å². The molecule has 0 aliphatic heterocycles. The lowest BCUT2D eigenvalue weighted by Crippen LogP contribution is -2.30. The molecule has 0 saturated heterocycles. The monoisotopic (exact) mass is 382 g/mol. The maximum absolute atomic E-state index is 10.6. The molecule has 3 rings (SSSR count). The summed E-state index contributed by atoms with van der Waals surface area (Å²) in [5.74, 6) is 1.07. The molecule has 0 heterocycles. The number of benzene rings is 2. The fourth-order valence-electron chi connectivity index (χ4n) is 4.35. The number of ether oxygens (including phenoxy) is 1. The van der Waals surface area contributed by atoms with Crippen molar-refractivity contribution >= 4 is 16.7 Å². The average Bonchev–Trinajstić information content (AvgIpc) is 2.65. The summed E-state index contributed by atoms with van der Waals surface area (Å²) in [6.07, 6.45) is 7.98. The van der Waals surface area contributed by atoms with Gasteiger partial charge in [0.1, 0.15) is 5.75 Å². The molecule has 152 valence electrons. The molecule has 0 spiro atoms. The minimum Gasteiger partial charge on any atom is -0.490 e. The van der Waals surface area contributed by atoms with E-state index in [-0.39, 0.29) is 6.42 Å². The first-order valence-corrected chi connectivity index (χ1v) is 10.7. The summed E-state index contributed by atoms with van der Waals surface area (Å²) in [7, 11) is 0. The van der Waals surface area contributed by atoms with Gasteiger partial charge < -0.3 is 9.84 Å². The molecule has 1 N–H and O–H groups in total. The van der Waals surface area contributed by atoms with E-state index in [1.807, 2.05) is 0 Å². The molecule has 0 bridgehead atoms. The first kappa shape index (κ1) is 20.7. The number of unbranched alkanes of at least 4 members (excludes halogenated alkanes) is 1. The summed E-state index contributed by atoms with van der Waals surface area (Å²) in [6.45, 7) is 7.05. The zero-order valence-corrected chi connectivity index (χ0v) is 17.5. The van der Waals surface area contributed by atoms with Gasteiger partial charge in [-0.2, -0.15) is 0 Å². The Bertz CT molecular complexity index is 795. The van der Waals surface area contributed by atoms with Gasteiger partial charge in [-0.05, 0) is 84.7 Å². The maximum atomic E-state index is 10.6. The number of aryl methyl sites for hydroxylation is 1. The molecule has 1 aliphatic rings. The van der Waals surface area contributed by atoms with Crippen LogP contribution in [-0.4, -0.2) is 17.2 Å². The Kier molecular flexibility index (Phi) is 6.64. The number of aliphatic carboxylic acids is 1. The van der Waals surface area contributed by atoms with E-state index in [9.17, 15) is 4.79 Å². The van der Waals surface area contributed by atoms with Crippen molar-refractivity contribution < 1.29 is 14.6 Å². The van der Waals surface area contributed by atoms with E-state index in [1.54, 1.807) is 0 Å². The summed E-state index contributed by atoms with van der Waals surface area (Å²) < 4.78 is 6.30. The van der Waals surface area contributed by atoms with Gasteiger partial charge in [0.25, 0.3) is 0 Å². The number of hydrogen-bond donors (Lipinski definition) is 1. The molecule has 2 aromatic carbocycles. The van der Waals surface area contributed by atoms with Crippen molar-refractivity contribution in [2.45, 2.75) is 78.2 Å². The van der Waals surface area contributed by atoms with Gasteiger partial charge >= 0.3 is 5.97 Å². The van der Waals surface area contributed by atoms with Crippen molar-refractivity contribution in [3.63, 3.8) is 0 Å². The Morgan fingerprint density at radius 1 is 1.00 bits per heavy atom. The number of carboxylic acid groups (broad SMARTS) is 1. The summed E-state index contributed by atoms with van der Waals surface area (Å²) >= 11 is 0. The number of carboxylic acids is 1. The first-order valence-electron chi connectivity index (χ1n) is 10.7. The first-order chi connectivity index (χ1) is 13.3. The Balaban J connectivity index is 1.56. The van der Waals surface area contributed by atoms with Crippen LogP contribution in [0.25, 0.3) is 10.8 Å². The largest absolute Gasteiger partial charge is 0.490 e. The Labute approximate surface area is 169 Å². The number of fused-ring (bicyclic) bond motifs is 1. The number of rotatable bonds is 7. The molecule has 3 heteroatoms. The third kappa shape index (κ3) is 5.73. The average molecular weight is 383 g/mol. The molecule has 1 fully saturated rings. The molecule has 0 unspecified atom stereocenters. The van der Waals surface area contributed by atoms with Crippen molar-refractivity contribution in [2.75, 3.05) is 0 Å². The highest BCUT2D eigenvalue weighted by Crippen LogP contribution is 2.39. The summed E-state index contributed by atoms with van der Waals surface area (Å²) in [5.41, 5.74) is 1.67. The number of hydrogen-bond acceptors (Lipinski definition) is 2. The van der Waals surface area contributed by atoms with Gasteiger partial charge in [-0.25, -0.2) is 0 Å². The van der Waals surface area contributed by atoms with Gasteiger partial charge in [0, 0.05) is 6.42 Å². The molecule has 1 aliphatic carbocycles. The third-order valence-corrected chi connectivity index (χ3v) is 6.18. The van der Waals surface area contributed by atoms with Crippen molar-refractivity contribution in [1.82, 2.24) is 0 Å². The molecular formula is C25H34O3. The molecule has 0 atom stereocenters. The Morgan fingerprint density at radius 3 is 2.36 bits per heavy atom. The van der Waals surface area contributed by atoms with Crippen LogP contribution < -0.4 is 4.74 Å². The standard InChI is InChI=1S/C25H34O3/c1-25(2,3)21-11-14-22(15-12-21)28-23-13-10-19-16-18(8-9-20(19)17-23)6-4-5-7-24(26)27/h8-10,13,16-17,21-22H,4-7,11-12,14-15H2,1-3H3,(H,26,27). The summed E-state index contributed by atoms with van der Waals surface area (Å²) in [5, 5.41) is 11.2. The maximum Gasteiger partial charge on any atom is 0.303 e. The van der Waals surface area contributed by atoms with E-state index in [0.717, 1.165) is 43.8 Å². The van der Waals surface area contributed by atoms with Gasteiger partial charge in [0.15, 0.2) is 0 Å². The quantitative estimate of drug-likeness (QED) is 0.547. The molecule has 0 radical (unpaired) electrons. The van der Waals surface area contributed by atoms with Crippen LogP contribution in [0.3, 0.4) is 0 Å².